The van der Waals surface area contributed by atoms with E-state index in [1.807, 2.05) is 4.57 Å². The van der Waals surface area contributed by atoms with Gasteiger partial charge in [0.15, 0.2) is 5.82 Å². The van der Waals surface area contributed by atoms with Crippen LogP contribution in [0.4, 0.5) is 0 Å². The van der Waals surface area contributed by atoms with E-state index in [0.717, 1.165) is 24.5 Å². The number of nitrogens with one attached hydrogen (secondary N) is 2. The number of nitrogens with two attached hydrogens (primary N) is 1. The van der Waals surface area contributed by atoms with Crippen LogP contribution in [0.2, 0.25) is 0 Å². The van der Waals surface area contributed by atoms with Gasteiger partial charge in [-0.05, 0) is 6.42 Å². The van der Waals surface area contributed by atoms with Crippen LogP contribution in [0.3, 0.4) is 0 Å². The quantitative estimate of drug-likeness (QED) is 0.637. The van der Waals surface area contributed by atoms with Crippen molar-refractivity contribution in [3.63, 3.8) is 0 Å². The molecule has 2 aromatic heterocycles. The van der Waals surface area contributed by atoms with E-state index >= 15 is 0 Å². The third-order valence-corrected chi connectivity index (χ3v) is 2.91. The number of carbonyl (C=O) groups excluding carboxylic acids is 1. The first-order chi connectivity index (χ1) is 9.70. The summed E-state index contributed by atoms with van der Waals surface area (Å²) in [6.45, 7) is 3.23. The van der Waals surface area contributed by atoms with E-state index in [1.165, 1.54) is 0 Å². The first-order valence-electron chi connectivity index (χ1n) is 6.58. The summed E-state index contributed by atoms with van der Waals surface area (Å²) in [5.41, 5.74) is 6.68. The van der Waals surface area contributed by atoms with Gasteiger partial charge in [0, 0.05) is 24.9 Å². The van der Waals surface area contributed by atoms with Gasteiger partial charge in [-0.2, -0.15) is 0 Å². The monoisotopic (exact) mass is 277 g/mol. The Kier molecular flexibility index (Phi) is 4.83. The van der Waals surface area contributed by atoms with Crippen molar-refractivity contribution >= 4 is 5.91 Å². The predicted molar refractivity (Wildman–Crippen MR) is 72.4 cm³/mol. The summed E-state index contributed by atoms with van der Waals surface area (Å²) in [6.07, 6.45) is 6.29. The standard InChI is InChI=1S/C12H19N7O/c1-2-3-19-8-17-18-11(19)6-15-12(20)10(13)4-9-5-14-7-16-9/h5,7-8,10H,2-4,6,13H2,1H3,(H,14,16)(H,15,20)/t10-/m0/s1. The number of rotatable bonds is 7. The Labute approximate surface area is 116 Å². The van der Waals surface area contributed by atoms with Gasteiger partial charge in [0.25, 0.3) is 0 Å². The zero-order valence-electron chi connectivity index (χ0n) is 11.4. The Morgan fingerprint density at radius 3 is 3.15 bits per heavy atom. The van der Waals surface area contributed by atoms with Gasteiger partial charge in [-0.15, -0.1) is 10.2 Å². The average Bonchev–Trinajstić information content (AvgIpc) is 3.08. The Morgan fingerprint density at radius 1 is 1.60 bits per heavy atom. The van der Waals surface area contributed by atoms with Crippen molar-refractivity contribution in [1.82, 2.24) is 30.0 Å². The third kappa shape index (κ3) is 3.64. The van der Waals surface area contributed by atoms with Gasteiger partial charge in [-0.25, -0.2) is 4.98 Å². The maximum Gasteiger partial charge on any atom is 0.237 e. The van der Waals surface area contributed by atoms with Crippen LogP contribution in [0.25, 0.3) is 0 Å². The molecular weight excluding hydrogens is 258 g/mol. The van der Waals surface area contributed by atoms with Crippen molar-refractivity contribution in [3.05, 3.63) is 30.4 Å². The minimum Gasteiger partial charge on any atom is -0.348 e. The summed E-state index contributed by atoms with van der Waals surface area (Å²) in [6, 6.07) is -0.613. The van der Waals surface area contributed by atoms with Crippen LogP contribution in [-0.2, 0) is 24.3 Å². The molecular formula is C12H19N7O. The van der Waals surface area contributed by atoms with Crippen LogP contribution in [0.5, 0.6) is 0 Å². The van der Waals surface area contributed by atoms with E-state index in [4.69, 9.17) is 5.73 Å². The number of H-pyrrole nitrogens is 1. The molecule has 0 aliphatic carbocycles. The summed E-state index contributed by atoms with van der Waals surface area (Å²) >= 11 is 0. The molecule has 4 N–H and O–H groups in total. The fraction of sp³-hybridized carbons (Fsp3) is 0.500. The Balaban J connectivity index is 1.83. The number of aromatic amines is 1. The number of nitrogens with zero attached hydrogens (tertiary/aromatic N) is 4. The van der Waals surface area contributed by atoms with Crippen molar-refractivity contribution < 1.29 is 4.79 Å². The molecule has 2 heterocycles. The largest absolute Gasteiger partial charge is 0.348 e. The highest BCUT2D eigenvalue weighted by Gasteiger charge is 2.15. The highest BCUT2D eigenvalue weighted by Crippen LogP contribution is 1.99. The van der Waals surface area contributed by atoms with Crippen molar-refractivity contribution in [3.8, 4) is 0 Å². The van der Waals surface area contributed by atoms with Crippen molar-refractivity contribution in [2.24, 2.45) is 5.73 Å². The first-order valence-corrected chi connectivity index (χ1v) is 6.58. The van der Waals surface area contributed by atoms with Crippen molar-refractivity contribution in [2.75, 3.05) is 0 Å². The lowest BCUT2D eigenvalue weighted by Crippen LogP contribution is -2.42. The number of amides is 1. The second-order valence-corrected chi connectivity index (χ2v) is 4.55. The van der Waals surface area contributed by atoms with E-state index < -0.39 is 6.04 Å². The molecule has 0 aromatic carbocycles. The lowest BCUT2D eigenvalue weighted by molar-refractivity contribution is -0.122. The molecule has 20 heavy (non-hydrogen) atoms. The smallest absolute Gasteiger partial charge is 0.237 e. The van der Waals surface area contributed by atoms with Crippen LogP contribution in [0.15, 0.2) is 18.9 Å². The predicted octanol–water partition coefficient (Wildman–Crippen LogP) is -0.403. The summed E-state index contributed by atoms with van der Waals surface area (Å²) in [5, 5.41) is 10.6. The zero-order valence-corrected chi connectivity index (χ0v) is 11.4. The topological polar surface area (TPSA) is 115 Å². The van der Waals surface area contributed by atoms with Crippen LogP contribution in [0.1, 0.15) is 24.9 Å². The molecule has 0 saturated heterocycles. The van der Waals surface area contributed by atoms with Crippen molar-refractivity contribution in [1.29, 1.82) is 0 Å². The molecule has 0 unspecified atom stereocenters. The summed E-state index contributed by atoms with van der Waals surface area (Å²) in [5.74, 6) is 0.514. The highest BCUT2D eigenvalue weighted by atomic mass is 16.2. The molecule has 1 amide bonds. The molecule has 108 valence electrons. The molecule has 1 atom stereocenters. The molecule has 0 spiro atoms. The molecule has 2 rings (SSSR count). The molecule has 0 aliphatic heterocycles. The molecule has 0 radical (unpaired) electrons. The summed E-state index contributed by atoms with van der Waals surface area (Å²) in [7, 11) is 0. The van der Waals surface area contributed by atoms with Gasteiger partial charge in [0.2, 0.25) is 5.91 Å². The maximum absolute atomic E-state index is 11.9. The number of aromatic nitrogens is 5. The fourth-order valence-corrected chi connectivity index (χ4v) is 1.87. The number of aryl methyl sites for hydroxylation is 1. The van der Waals surface area contributed by atoms with Crippen LogP contribution in [-0.4, -0.2) is 36.7 Å². The van der Waals surface area contributed by atoms with E-state index in [1.54, 1.807) is 18.9 Å². The van der Waals surface area contributed by atoms with E-state index in [9.17, 15) is 4.79 Å². The second-order valence-electron chi connectivity index (χ2n) is 4.55. The van der Waals surface area contributed by atoms with E-state index in [0.29, 0.717) is 13.0 Å². The zero-order chi connectivity index (χ0) is 14.4. The minimum absolute atomic E-state index is 0.217. The summed E-state index contributed by atoms with van der Waals surface area (Å²) in [4.78, 5) is 18.7. The van der Waals surface area contributed by atoms with Gasteiger partial charge in [0.05, 0.1) is 18.9 Å². The van der Waals surface area contributed by atoms with E-state index in [2.05, 4.69) is 32.4 Å². The van der Waals surface area contributed by atoms with E-state index in [-0.39, 0.29) is 5.91 Å². The second kappa shape index (κ2) is 6.80. The Bertz CT molecular complexity index is 534. The maximum atomic E-state index is 11.9. The molecule has 8 nitrogen and oxygen atoms in total. The molecule has 0 fully saturated rings. The van der Waals surface area contributed by atoms with Gasteiger partial charge >= 0.3 is 0 Å². The third-order valence-electron chi connectivity index (χ3n) is 2.91. The fourth-order valence-electron chi connectivity index (χ4n) is 1.87. The van der Waals surface area contributed by atoms with Crippen molar-refractivity contribution in [2.45, 2.75) is 38.9 Å². The van der Waals surface area contributed by atoms with Gasteiger partial charge in [0.1, 0.15) is 6.33 Å². The van der Waals surface area contributed by atoms with Gasteiger partial charge in [-0.1, -0.05) is 6.92 Å². The lowest BCUT2D eigenvalue weighted by atomic mass is 10.1. The van der Waals surface area contributed by atoms with Crippen LogP contribution < -0.4 is 11.1 Å². The lowest BCUT2D eigenvalue weighted by Gasteiger charge is -2.11. The molecule has 8 heteroatoms. The van der Waals surface area contributed by atoms with Crippen LogP contribution >= 0.6 is 0 Å². The number of hydrogen-bond donors (Lipinski definition) is 3. The first kappa shape index (κ1) is 14.2. The SMILES string of the molecule is CCCn1cnnc1CNC(=O)[C@@H](N)Cc1cnc[nH]1. The van der Waals surface area contributed by atoms with Crippen LogP contribution in [0, 0.1) is 0 Å². The highest BCUT2D eigenvalue weighted by molar-refractivity contribution is 5.81. The normalized spacial score (nSPS) is 12.3. The Morgan fingerprint density at radius 2 is 2.45 bits per heavy atom. The summed E-state index contributed by atoms with van der Waals surface area (Å²) < 4.78 is 1.92. The molecule has 0 aliphatic rings. The van der Waals surface area contributed by atoms with Gasteiger partial charge in [-0.3, -0.25) is 4.79 Å². The minimum atomic E-state index is -0.613. The molecule has 2 aromatic rings. The number of carbonyl (C=O) groups is 1. The Hall–Kier alpha value is -2.22. The molecule has 0 bridgehead atoms. The number of imidazole rings is 1. The number of hydrogen-bond acceptors (Lipinski definition) is 5. The average molecular weight is 277 g/mol. The molecule has 0 saturated carbocycles. The van der Waals surface area contributed by atoms with Gasteiger partial charge < -0.3 is 20.6 Å².